The molecule has 22 heavy (non-hydrogen) atoms. The molecule has 1 aromatic rings. The Morgan fingerprint density at radius 1 is 1.27 bits per heavy atom. The maximum absolute atomic E-state index is 9.91. The fourth-order valence-corrected chi connectivity index (χ4v) is 4.32. The standard InChI is InChI=1S/C15H11BrN4O2/c16-10-3-1-2-9(6-10)11-13(7-17)12(19)20-15(14(11,13)8-18)21-4-5-22-15/h1-3,6,11H,4-5H2,(H2,19,20)/t11-,13+,14+/m0/s1. The number of nitrogens with zero attached hydrogens (tertiary/aromatic N) is 3. The van der Waals surface area contributed by atoms with Gasteiger partial charge in [0.2, 0.25) is 0 Å². The first-order valence-corrected chi connectivity index (χ1v) is 7.59. The summed E-state index contributed by atoms with van der Waals surface area (Å²) in [6.45, 7) is 0.653. The normalized spacial score (nSPS) is 37.2. The Bertz CT molecular complexity index is 789. The maximum Gasteiger partial charge on any atom is 0.293 e. The summed E-state index contributed by atoms with van der Waals surface area (Å²) in [5.41, 5.74) is 4.45. The van der Waals surface area contributed by atoms with Gasteiger partial charge in [-0.25, -0.2) is 4.99 Å². The Balaban J connectivity index is 1.94. The number of aliphatic imine (C=N–C) groups is 1. The van der Waals surface area contributed by atoms with E-state index in [1.54, 1.807) is 0 Å². The Kier molecular flexibility index (Phi) is 2.54. The number of rotatable bonds is 1. The highest BCUT2D eigenvalue weighted by atomic mass is 79.9. The summed E-state index contributed by atoms with van der Waals surface area (Å²) in [6.07, 6.45) is 0. The molecule has 2 N–H and O–H groups in total. The zero-order chi connectivity index (χ0) is 15.6. The summed E-state index contributed by atoms with van der Waals surface area (Å²) < 4.78 is 12.2. The first-order valence-electron chi connectivity index (χ1n) is 6.80. The molecule has 3 aliphatic rings. The number of nitriles is 2. The van der Waals surface area contributed by atoms with Gasteiger partial charge in [0.1, 0.15) is 11.3 Å². The van der Waals surface area contributed by atoms with E-state index in [1.807, 2.05) is 24.3 Å². The number of hydrogen-bond donors (Lipinski definition) is 1. The number of ether oxygens (including phenoxy) is 2. The summed E-state index contributed by atoms with van der Waals surface area (Å²) in [5, 5.41) is 19.7. The van der Waals surface area contributed by atoms with Crippen molar-refractivity contribution in [1.29, 1.82) is 10.5 Å². The van der Waals surface area contributed by atoms with Gasteiger partial charge in [-0.1, -0.05) is 28.1 Å². The molecule has 2 fully saturated rings. The second kappa shape index (κ2) is 4.08. The average molecular weight is 359 g/mol. The zero-order valence-electron chi connectivity index (χ0n) is 11.4. The highest BCUT2D eigenvalue weighted by Gasteiger charge is 2.94. The summed E-state index contributed by atoms with van der Waals surface area (Å²) in [6, 6.07) is 12.0. The van der Waals surface area contributed by atoms with Crippen LogP contribution in [0.3, 0.4) is 0 Å². The first-order chi connectivity index (χ1) is 10.6. The second-order valence-electron chi connectivity index (χ2n) is 5.60. The van der Waals surface area contributed by atoms with Crippen LogP contribution in [0.2, 0.25) is 0 Å². The third-order valence-corrected chi connectivity index (χ3v) is 5.28. The monoisotopic (exact) mass is 358 g/mol. The van der Waals surface area contributed by atoms with Crippen LogP contribution in [-0.4, -0.2) is 25.0 Å². The average Bonchev–Trinajstić information content (AvgIpc) is 2.77. The lowest BCUT2D eigenvalue weighted by Crippen LogP contribution is -2.38. The van der Waals surface area contributed by atoms with Crippen LogP contribution < -0.4 is 5.73 Å². The van der Waals surface area contributed by atoms with Gasteiger partial charge in [0, 0.05) is 10.4 Å². The van der Waals surface area contributed by atoms with Gasteiger partial charge < -0.3 is 15.2 Å². The number of halogens is 1. The van der Waals surface area contributed by atoms with Crippen molar-refractivity contribution in [2.24, 2.45) is 21.6 Å². The van der Waals surface area contributed by atoms with Crippen LogP contribution >= 0.6 is 15.9 Å². The van der Waals surface area contributed by atoms with Crippen LogP contribution in [0.4, 0.5) is 0 Å². The van der Waals surface area contributed by atoms with Crippen LogP contribution in [0.5, 0.6) is 0 Å². The van der Waals surface area contributed by atoms with Crippen molar-refractivity contribution in [2.45, 2.75) is 11.8 Å². The molecule has 110 valence electrons. The highest BCUT2D eigenvalue weighted by molar-refractivity contribution is 9.10. The Morgan fingerprint density at radius 2 is 2.00 bits per heavy atom. The number of amidine groups is 1. The fourth-order valence-electron chi connectivity index (χ4n) is 3.90. The highest BCUT2D eigenvalue weighted by Crippen LogP contribution is 2.82. The predicted molar refractivity (Wildman–Crippen MR) is 79.2 cm³/mol. The maximum atomic E-state index is 9.91. The molecule has 4 rings (SSSR count). The van der Waals surface area contributed by atoms with E-state index in [-0.39, 0.29) is 5.84 Å². The number of benzene rings is 1. The molecule has 1 spiro atoms. The van der Waals surface area contributed by atoms with E-state index in [0.717, 1.165) is 10.0 Å². The molecule has 1 aromatic carbocycles. The van der Waals surface area contributed by atoms with Gasteiger partial charge in [-0.05, 0) is 17.7 Å². The minimum absolute atomic E-state index is 0.114. The SMILES string of the molecule is N#C[C@@]12C(N)=NC3(OCCO3)[C@]1(C#N)[C@H]2c1cccc(Br)c1. The topological polar surface area (TPSA) is 104 Å². The lowest BCUT2D eigenvalue weighted by molar-refractivity contribution is -0.184. The lowest BCUT2D eigenvalue weighted by atomic mass is 9.94. The Hall–Kier alpha value is -1.93. The van der Waals surface area contributed by atoms with Gasteiger partial charge >= 0.3 is 0 Å². The summed E-state index contributed by atoms with van der Waals surface area (Å²) in [4.78, 5) is 4.23. The van der Waals surface area contributed by atoms with E-state index < -0.39 is 22.7 Å². The van der Waals surface area contributed by atoms with Crippen LogP contribution in [0.25, 0.3) is 0 Å². The molecule has 1 saturated heterocycles. The van der Waals surface area contributed by atoms with Crippen molar-refractivity contribution in [3.05, 3.63) is 34.3 Å². The quantitative estimate of drug-likeness (QED) is 0.821. The third kappa shape index (κ3) is 1.21. The molecule has 2 heterocycles. The van der Waals surface area contributed by atoms with E-state index in [0.29, 0.717) is 13.2 Å². The van der Waals surface area contributed by atoms with E-state index in [9.17, 15) is 10.5 Å². The van der Waals surface area contributed by atoms with Gasteiger partial charge in [-0.3, -0.25) is 0 Å². The molecule has 0 unspecified atom stereocenters. The van der Waals surface area contributed by atoms with Crippen molar-refractivity contribution < 1.29 is 9.47 Å². The second-order valence-corrected chi connectivity index (χ2v) is 6.52. The summed E-state index contributed by atoms with van der Waals surface area (Å²) >= 11 is 3.42. The van der Waals surface area contributed by atoms with Gasteiger partial charge in [0.25, 0.3) is 5.91 Å². The zero-order valence-corrected chi connectivity index (χ0v) is 13.0. The van der Waals surface area contributed by atoms with Crippen molar-refractivity contribution in [3.8, 4) is 12.1 Å². The number of hydrogen-bond acceptors (Lipinski definition) is 6. The van der Waals surface area contributed by atoms with E-state index in [2.05, 4.69) is 33.1 Å². The van der Waals surface area contributed by atoms with Gasteiger partial charge in [-0.15, -0.1) is 0 Å². The molecule has 0 radical (unpaired) electrons. The molecular formula is C15H11BrN4O2. The van der Waals surface area contributed by atoms with Crippen molar-refractivity contribution in [2.75, 3.05) is 13.2 Å². The smallest absolute Gasteiger partial charge is 0.293 e. The van der Waals surface area contributed by atoms with Crippen LogP contribution in [0.1, 0.15) is 11.5 Å². The molecule has 6 nitrogen and oxygen atoms in total. The van der Waals surface area contributed by atoms with Crippen molar-refractivity contribution >= 4 is 21.8 Å². The third-order valence-electron chi connectivity index (χ3n) is 4.79. The minimum Gasteiger partial charge on any atom is -0.386 e. The number of nitrogens with two attached hydrogens (primary N) is 1. The fraction of sp³-hybridized carbons (Fsp3) is 0.400. The molecule has 7 heteroatoms. The van der Waals surface area contributed by atoms with Crippen molar-refractivity contribution in [3.63, 3.8) is 0 Å². The van der Waals surface area contributed by atoms with Crippen LogP contribution in [-0.2, 0) is 9.47 Å². The molecule has 1 aliphatic carbocycles. The minimum atomic E-state index is -1.46. The molecular weight excluding hydrogens is 348 g/mol. The van der Waals surface area contributed by atoms with E-state index >= 15 is 0 Å². The summed E-state index contributed by atoms with van der Waals surface area (Å²) in [7, 11) is 0. The largest absolute Gasteiger partial charge is 0.386 e. The lowest BCUT2D eigenvalue weighted by Gasteiger charge is -2.25. The molecule has 1 saturated carbocycles. The van der Waals surface area contributed by atoms with Crippen molar-refractivity contribution in [1.82, 2.24) is 0 Å². The first kappa shape index (κ1) is 13.7. The molecule has 0 amide bonds. The van der Waals surface area contributed by atoms with E-state index in [1.165, 1.54) is 0 Å². The summed E-state index contributed by atoms with van der Waals surface area (Å²) in [5.74, 6) is -1.78. The molecule has 2 aliphatic heterocycles. The number of fused-ring (bicyclic) bond motifs is 2. The van der Waals surface area contributed by atoms with E-state index in [4.69, 9.17) is 15.2 Å². The Morgan fingerprint density at radius 3 is 2.59 bits per heavy atom. The van der Waals surface area contributed by atoms with Crippen LogP contribution in [0, 0.1) is 33.5 Å². The molecule has 0 aromatic heterocycles. The molecule has 3 atom stereocenters. The van der Waals surface area contributed by atoms with Gasteiger partial charge in [-0.2, -0.15) is 10.5 Å². The van der Waals surface area contributed by atoms with Gasteiger partial charge in [0.05, 0.1) is 25.4 Å². The Labute approximate surface area is 135 Å². The predicted octanol–water partition coefficient (Wildman–Crippen LogP) is 1.64. The van der Waals surface area contributed by atoms with Gasteiger partial charge in [0.15, 0.2) is 5.41 Å². The van der Waals surface area contributed by atoms with Crippen LogP contribution in [0.15, 0.2) is 33.7 Å². The molecule has 0 bridgehead atoms.